The fourth-order valence-electron chi connectivity index (χ4n) is 3.42. The van der Waals surface area contributed by atoms with E-state index in [0.29, 0.717) is 25.5 Å². The van der Waals surface area contributed by atoms with Crippen LogP contribution in [0.25, 0.3) is 0 Å². The Kier molecular flexibility index (Phi) is 5.86. The molecular formula is C16H27NO3. The van der Waals surface area contributed by atoms with Gasteiger partial charge in [-0.2, -0.15) is 0 Å². The highest BCUT2D eigenvalue weighted by Gasteiger charge is 2.30. The number of carbonyl (C=O) groups excluding carboxylic acids is 2. The van der Waals surface area contributed by atoms with Crippen LogP contribution in [0.1, 0.15) is 58.3 Å². The number of likely N-dealkylation sites (tertiary alicyclic amines) is 1. The Morgan fingerprint density at radius 2 is 1.85 bits per heavy atom. The van der Waals surface area contributed by atoms with Crippen LogP contribution in [0.5, 0.6) is 0 Å². The average molecular weight is 281 g/mol. The number of hydrogen-bond donors (Lipinski definition) is 0. The summed E-state index contributed by atoms with van der Waals surface area (Å²) in [5.41, 5.74) is 0. The Balaban J connectivity index is 1.81. The van der Waals surface area contributed by atoms with Gasteiger partial charge >= 0.3 is 5.97 Å². The lowest BCUT2D eigenvalue weighted by Crippen LogP contribution is -2.43. The summed E-state index contributed by atoms with van der Waals surface area (Å²) in [5, 5.41) is 0. The molecule has 0 aromatic heterocycles. The predicted octanol–water partition coefficient (Wildman–Crippen LogP) is 2.76. The van der Waals surface area contributed by atoms with Crippen LogP contribution in [-0.2, 0) is 14.3 Å². The third-order valence-corrected chi connectivity index (χ3v) is 4.58. The van der Waals surface area contributed by atoms with Gasteiger partial charge in [0.2, 0.25) is 5.91 Å². The molecule has 4 nitrogen and oxygen atoms in total. The fourth-order valence-corrected chi connectivity index (χ4v) is 3.42. The second-order valence-electron chi connectivity index (χ2n) is 6.14. The maximum absolute atomic E-state index is 12.4. The smallest absolute Gasteiger partial charge is 0.310 e. The Labute approximate surface area is 121 Å². The van der Waals surface area contributed by atoms with Crippen LogP contribution in [-0.4, -0.2) is 36.5 Å². The molecule has 1 saturated carbocycles. The first-order valence-corrected chi connectivity index (χ1v) is 8.15. The van der Waals surface area contributed by atoms with Crippen molar-refractivity contribution in [2.24, 2.45) is 11.8 Å². The number of nitrogens with zero attached hydrogens (tertiary/aromatic N) is 1. The molecule has 2 aliphatic rings. The molecular weight excluding hydrogens is 254 g/mol. The minimum Gasteiger partial charge on any atom is -0.466 e. The molecule has 20 heavy (non-hydrogen) atoms. The van der Waals surface area contributed by atoms with Crippen LogP contribution in [0.15, 0.2) is 0 Å². The molecule has 1 heterocycles. The number of rotatable bonds is 4. The highest BCUT2D eigenvalue weighted by Crippen LogP contribution is 2.28. The first-order valence-electron chi connectivity index (χ1n) is 8.15. The molecule has 1 saturated heterocycles. The molecule has 4 heteroatoms. The molecule has 1 aliphatic carbocycles. The summed E-state index contributed by atoms with van der Waals surface area (Å²) in [4.78, 5) is 26.1. The normalized spacial score (nSPS) is 24.4. The van der Waals surface area contributed by atoms with Gasteiger partial charge < -0.3 is 9.64 Å². The quantitative estimate of drug-likeness (QED) is 0.744. The Morgan fingerprint density at radius 3 is 2.55 bits per heavy atom. The fraction of sp³-hybridized carbons (Fsp3) is 0.875. The molecule has 1 amide bonds. The summed E-state index contributed by atoms with van der Waals surface area (Å²) in [6, 6.07) is 0. The highest BCUT2D eigenvalue weighted by atomic mass is 16.5. The van der Waals surface area contributed by atoms with Crippen LogP contribution < -0.4 is 0 Å². The maximum Gasteiger partial charge on any atom is 0.310 e. The number of esters is 1. The molecule has 114 valence electrons. The molecule has 0 aromatic carbocycles. The monoisotopic (exact) mass is 281 g/mol. The lowest BCUT2D eigenvalue weighted by atomic mass is 9.86. The molecule has 1 atom stereocenters. The van der Waals surface area contributed by atoms with Gasteiger partial charge in [0, 0.05) is 19.5 Å². The van der Waals surface area contributed by atoms with E-state index < -0.39 is 0 Å². The topological polar surface area (TPSA) is 46.6 Å². The Bertz CT molecular complexity index is 337. The Morgan fingerprint density at radius 1 is 1.10 bits per heavy atom. The molecule has 2 rings (SSSR count). The van der Waals surface area contributed by atoms with E-state index in [2.05, 4.69) is 0 Å². The third-order valence-electron chi connectivity index (χ3n) is 4.58. The lowest BCUT2D eigenvalue weighted by molar-refractivity contribution is -0.151. The molecule has 0 aromatic rings. The number of carbonyl (C=O) groups is 2. The number of ether oxygens (including phenoxy) is 1. The average Bonchev–Trinajstić information content (AvgIpc) is 2.48. The van der Waals surface area contributed by atoms with E-state index in [1.54, 1.807) is 0 Å². The minimum absolute atomic E-state index is 0.112. The molecule has 2 fully saturated rings. The molecule has 1 unspecified atom stereocenters. The number of amides is 1. The zero-order valence-corrected chi connectivity index (χ0v) is 12.6. The van der Waals surface area contributed by atoms with Gasteiger partial charge in [-0.25, -0.2) is 0 Å². The van der Waals surface area contributed by atoms with E-state index >= 15 is 0 Å². The summed E-state index contributed by atoms with van der Waals surface area (Å²) in [6.07, 6.45) is 8.69. The van der Waals surface area contributed by atoms with Crippen molar-refractivity contribution in [2.75, 3.05) is 19.7 Å². The van der Waals surface area contributed by atoms with E-state index in [1.807, 2.05) is 11.8 Å². The zero-order chi connectivity index (χ0) is 14.4. The standard InChI is InChI=1S/C16H27NO3/c1-2-20-16(19)14-9-6-10-17(12-14)15(18)11-13-7-4-3-5-8-13/h13-14H,2-12H2,1H3. The number of hydrogen-bond acceptors (Lipinski definition) is 3. The summed E-state index contributed by atoms with van der Waals surface area (Å²) in [6.45, 7) is 3.62. The van der Waals surface area contributed by atoms with Crippen molar-refractivity contribution in [2.45, 2.75) is 58.3 Å². The summed E-state index contributed by atoms with van der Waals surface area (Å²) < 4.78 is 5.08. The van der Waals surface area contributed by atoms with Gasteiger partial charge in [-0.05, 0) is 38.5 Å². The maximum atomic E-state index is 12.4. The first-order chi connectivity index (χ1) is 9.70. The van der Waals surface area contributed by atoms with Crippen LogP contribution in [0.4, 0.5) is 0 Å². The van der Waals surface area contributed by atoms with Gasteiger partial charge in [-0.3, -0.25) is 9.59 Å². The van der Waals surface area contributed by atoms with Crippen molar-refractivity contribution < 1.29 is 14.3 Å². The van der Waals surface area contributed by atoms with Gasteiger partial charge in [-0.15, -0.1) is 0 Å². The van der Waals surface area contributed by atoms with Crippen molar-refractivity contribution in [1.82, 2.24) is 4.90 Å². The minimum atomic E-state index is -0.136. The second-order valence-corrected chi connectivity index (χ2v) is 6.14. The molecule has 0 bridgehead atoms. The van der Waals surface area contributed by atoms with Gasteiger partial charge in [0.25, 0.3) is 0 Å². The largest absolute Gasteiger partial charge is 0.466 e. The van der Waals surface area contributed by atoms with Crippen LogP contribution in [0, 0.1) is 11.8 Å². The van der Waals surface area contributed by atoms with Gasteiger partial charge in [0.15, 0.2) is 0 Å². The van der Waals surface area contributed by atoms with Gasteiger partial charge in [0.05, 0.1) is 12.5 Å². The van der Waals surface area contributed by atoms with Crippen molar-refractivity contribution in [3.63, 3.8) is 0 Å². The van der Waals surface area contributed by atoms with E-state index in [9.17, 15) is 9.59 Å². The van der Waals surface area contributed by atoms with E-state index in [1.165, 1.54) is 32.1 Å². The van der Waals surface area contributed by atoms with Crippen LogP contribution in [0.2, 0.25) is 0 Å². The molecule has 0 spiro atoms. The van der Waals surface area contributed by atoms with Gasteiger partial charge in [-0.1, -0.05) is 19.3 Å². The third kappa shape index (κ3) is 4.22. The van der Waals surface area contributed by atoms with Crippen molar-refractivity contribution in [3.8, 4) is 0 Å². The van der Waals surface area contributed by atoms with Crippen molar-refractivity contribution in [1.29, 1.82) is 0 Å². The summed E-state index contributed by atoms with van der Waals surface area (Å²) in [7, 11) is 0. The molecule has 0 radical (unpaired) electrons. The van der Waals surface area contributed by atoms with E-state index in [-0.39, 0.29) is 17.8 Å². The van der Waals surface area contributed by atoms with E-state index in [4.69, 9.17) is 4.74 Å². The molecule has 0 N–H and O–H groups in total. The molecule has 1 aliphatic heterocycles. The number of piperidine rings is 1. The summed E-state index contributed by atoms with van der Waals surface area (Å²) in [5.74, 6) is 0.562. The van der Waals surface area contributed by atoms with Crippen molar-refractivity contribution in [3.05, 3.63) is 0 Å². The zero-order valence-electron chi connectivity index (χ0n) is 12.6. The van der Waals surface area contributed by atoms with Crippen LogP contribution in [0.3, 0.4) is 0 Å². The summed E-state index contributed by atoms with van der Waals surface area (Å²) >= 11 is 0. The SMILES string of the molecule is CCOC(=O)C1CCCN(C(=O)CC2CCCCC2)C1. The second kappa shape index (κ2) is 7.65. The Hall–Kier alpha value is -1.06. The van der Waals surface area contributed by atoms with Gasteiger partial charge in [0.1, 0.15) is 0 Å². The lowest BCUT2D eigenvalue weighted by Gasteiger charge is -2.33. The van der Waals surface area contributed by atoms with Crippen molar-refractivity contribution >= 4 is 11.9 Å². The highest BCUT2D eigenvalue weighted by molar-refractivity contribution is 5.78. The predicted molar refractivity (Wildman–Crippen MR) is 77.1 cm³/mol. The van der Waals surface area contributed by atoms with Crippen LogP contribution >= 0.6 is 0 Å². The first kappa shape index (κ1) is 15.3. The van der Waals surface area contributed by atoms with E-state index in [0.717, 1.165) is 19.4 Å².